The van der Waals surface area contributed by atoms with E-state index in [-0.39, 0.29) is 11.6 Å². The molecule has 12 heteroatoms. The number of halogens is 6. The van der Waals surface area contributed by atoms with E-state index in [1.165, 1.54) is 32.4 Å². The van der Waals surface area contributed by atoms with Crippen LogP contribution in [0.5, 0.6) is 11.5 Å². The van der Waals surface area contributed by atoms with Crippen molar-refractivity contribution < 1.29 is 40.6 Å². The molecule has 3 saturated heterocycles. The molecule has 0 saturated carbocycles. The molecule has 6 nitrogen and oxygen atoms in total. The predicted molar refractivity (Wildman–Crippen MR) is 162 cm³/mol. The number of carbonyl (C=O) groups is 1. The number of hydrogen-bond acceptors (Lipinski definition) is 5. The lowest BCUT2D eigenvalue weighted by Gasteiger charge is -2.41. The Labute approximate surface area is 266 Å². The molecule has 2 aromatic rings. The Morgan fingerprint density at radius 3 is 2.04 bits per heavy atom. The first-order valence-corrected chi connectivity index (χ1v) is 16.1. The summed E-state index contributed by atoms with van der Waals surface area (Å²) in [6.45, 7) is 5.79. The van der Waals surface area contributed by atoms with E-state index in [0.29, 0.717) is 49.2 Å². The van der Waals surface area contributed by atoms with Gasteiger partial charge in [-0.3, -0.25) is 4.79 Å². The molecule has 1 atom stereocenters. The second-order valence-corrected chi connectivity index (χ2v) is 12.9. The molecule has 0 N–H and O–H groups in total. The zero-order valence-corrected chi connectivity index (χ0v) is 26.5. The number of benzene rings is 2. The number of ether oxygens (including phenoxy) is 2. The summed E-state index contributed by atoms with van der Waals surface area (Å²) in [5.74, 6) is 0.615. The lowest BCUT2D eigenvalue weighted by atomic mass is 9.76. The maximum absolute atomic E-state index is 13.5. The van der Waals surface area contributed by atoms with Gasteiger partial charge in [-0.2, -0.15) is 26.3 Å². The van der Waals surface area contributed by atoms with E-state index in [1.54, 1.807) is 19.1 Å². The van der Waals surface area contributed by atoms with Gasteiger partial charge in [0.05, 0.1) is 31.8 Å². The fraction of sp³-hybridized carbons (Fsp3) is 0.618. The first kappa shape index (κ1) is 34.3. The van der Waals surface area contributed by atoms with E-state index in [4.69, 9.17) is 9.47 Å². The van der Waals surface area contributed by atoms with Crippen LogP contribution in [0.3, 0.4) is 0 Å². The number of methoxy groups -OCH3 is 2. The van der Waals surface area contributed by atoms with Gasteiger partial charge in [0.15, 0.2) is 11.5 Å². The molecular formula is C34H43F6N3O3. The van der Waals surface area contributed by atoms with Crippen molar-refractivity contribution in [2.75, 3.05) is 60.0 Å². The van der Waals surface area contributed by atoms with Gasteiger partial charge in [-0.25, -0.2) is 0 Å². The average molecular weight is 656 g/mol. The second kappa shape index (κ2) is 14.0. The Balaban J connectivity index is 1.32. The van der Waals surface area contributed by atoms with Crippen LogP contribution in [-0.2, 0) is 29.0 Å². The van der Waals surface area contributed by atoms with Crippen LogP contribution >= 0.6 is 0 Å². The van der Waals surface area contributed by atoms with Gasteiger partial charge in [0.1, 0.15) is 0 Å². The second-order valence-electron chi connectivity index (χ2n) is 12.9. The van der Waals surface area contributed by atoms with Crippen molar-refractivity contribution in [1.29, 1.82) is 0 Å². The Kier molecular flexibility index (Phi) is 10.5. The molecule has 1 amide bonds. The fourth-order valence-corrected chi connectivity index (χ4v) is 7.41. The fourth-order valence-electron chi connectivity index (χ4n) is 7.41. The number of nitrogens with zero attached hydrogens (tertiary/aromatic N) is 3. The quantitative estimate of drug-likeness (QED) is 0.279. The van der Waals surface area contributed by atoms with Gasteiger partial charge in [0.25, 0.3) is 0 Å². The Morgan fingerprint density at radius 2 is 1.46 bits per heavy atom. The maximum atomic E-state index is 13.5. The van der Waals surface area contributed by atoms with Crippen molar-refractivity contribution in [3.05, 3.63) is 58.7 Å². The summed E-state index contributed by atoms with van der Waals surface area (Å²) < 4.78 is 91.7. The summed E-state index contributed by atoms with van der Waals surface area (Å²) in [5, 5.41) is 0. The van der Waals surface area contributed by atoms with Crippen LogP contribution in [0.25, 0.3) is 0 Å². The van der Waals surface area contributed by atoms with E-state index in [9.17, 15) is 31.1 Å². The predicted octanol–water partition coefficient (Wildman–Crippen LogP) is 6.79. The topological polar surface area (TPSA) is 45.2 Å². The lowest BCUT2D eigenvalue weighted by Crippen LogP contribution is -2.47. The SMILES string of the molecule is COc1ccc(C2(CCN3CCC(N4CCCCC4)CC3)CCN(C(=O)Cc3cc(C(F)(F)F)cc(C(F)(F)F)c3)C2)cc1OC. The van der Waals surface area contributed by atoms with E-state index >= 15 is 0 Å². The zero-order chi connectivity index (χ0) is 33.1. The van der Waals surface area contributed by atoms with Crippen LogP contribution in [0.2, 0.25) is 0 Å². The van der Waals surface area contributed by atoms with Crippen molar-refractivity contribution in [2.45, 2.75) is 75.2 Å². The molecule has 0 bridgehead atoms. The van der Waals surface area contributed by atoms with Crippen molar-refractivity contribution >= 4 is 5.91 Å². The van der Waals surface area contributed by atoms with Crippen LogP contribution in [0.15, 0.2) is 36.4 Å². The minimum absolute atomic E-state index is 0.0846. The third-order valence-electron chi connectivity index (χ3n) is 10.1. The molecule has 0 spiro atoms. The minimum atomic E-state index is -4.97. The number of piperidine rings is 2. The number of amides is 1. The highest BCUT2D eigenvalue weighted by Gasteiger charge is 2.43. The average Bonchev–Trinajstić information content (AvgIpc) is 3.49. The molecule has 0 aromatic heterocycles. The van der Waals surface area contributed by atoms with Crippen LogP contribution < -0.4 is 9.47 Å². The number of hydrogen-bond donors (Lipinski definition) is 0. The summed E-state index contributed by atoms with van der Waals surface area (Å²) in [4.78, 5) is 20.2. The number of rotatable bonds is 9. The van der Waals surface area contributed by atoms with Crippen molar-refractivity contribution in [2.24, 2.45) is 0 Å². The molecule has 3 aliphatic rings. The summed E-state index contributed by atoms with van der Waals surface area (Å²) in [6, 6.07) is 7.67. The molecule has 5 rings (SSSR count). The van der Waals surface area contributed by atoms with Crippen LogP contribution in [0.4, 0.5) is 26.3 Å². The number of carbonyl (C=O) groups excluding carboxylic acids is 1. The van der Waals surface area contributed by atoms with Gasteiger partial charge in [-0.15, -0.1) is 0 Å². The minimum Gasteiger partial charge on any atom is -0.493 e. The van der Waals surface area contributed by atoms with Gasteiger partial charge in [0, 0.05) is 24.5 Å². The maximum Gasteiger partial charge on any atom is 0.416 e. The molecule has 0 radical (unpaired) electrons. The molecule has 46 heavy (non-hydrogen) atoms. The highest BCUT2D eigenvalue weighted by molar-refractivity contribution is 5.79. The zero-order valence-electron chi connectivity index (χ0n) is 26.5. The molecule has 0 aliphatic carbocycles. The number of alkyl halides is 6. The molecule has 3 aliphatic heterocycles. The summed E-state index contributed by atoms with van der Waals surface area (Å²) in [7, 11) is 3.10. The molecule has 254 valence electrons. The smallest absolute Gasteiger partial charge is 0.416 e. The monoisotopic (exact) mass is 655 g/mol. The third kappa shape index (κ3) is 7.93. The summed E-state index contributed by atoms with van der Waals surface area (Å²) in [5.41, 5.74) is -2.66. The molecular weight excluding hydrogens is 612 g/mol. The first-order chi connectivity index (χ1) is 21.8. The summed E-state index contributed by atoms with van der Waals surface area (Å²) in [6.07, 6.45) is -3.09. The Bertz CT molecular complexity index is 1320. The largest absolute Gasteiger partial charge is 0.493 e. The Hall–Kier alpha value is -2.99. The van der Waals surface area contributed by atoms with Gasteiger partial charge >= 0.3 is 12.4 Å². The van der Waals surface area contributed by atoms with E-state index < -0.39 is 41.2 Å². The van der Waals surface area contributed by atoms with Crippen molar-refractivity contribution in [3.63, 3.8) is 0 Å². The standard InChI is InChI=1S/C34H43F6N3O3/c1-45-29-7-6-25(22-30(29)46-2)32(10-16-41-14-8-28(9-15-41)42-12-4-3-5-13-42)11-17-43(23-32)31(44)20-24-18-26(33(35,36)37)21-27(19-24)34(38,39)40/h6-7,18-19,21-22,28H,3-5,8-17,20,23H2,1-2H3. The lowest BCUT2D eigenvalue weighted by molar-refractivity contribution is -0.143. The molecule has 3 fully saturated rings. The number of likely N-dealkylation sites (tertiary alicyclic amines) is 3. The normalized spacial score (nSPS) is 22.3. The van der Waals surface area contributed by atoms with Crippen LogP contribution in [0, 0.1) is 0 Å². The molecule has 3 heterocycles. The van der Waals surface area contributed by atoms with E-state index in [2.05, 4.69) is 9.80 Å². The first-order valence-electron chi connectivity index (χ1n) is 16.1. The van der Waals surface area contributed by atoms with Crippen LogP contribution in [0.1, 0.15) is 67.2 Å². The van der Waals surface area contributed by atoms with Crippen LogP contribution in [-0.4, -0.2) is 86.7 Å². The van der Waals surface area contributed by atoms with Gasteiger partial charge < -0.3 is 24.2 Å². The molecule has 1 unspecified atom stereocenters. The van der Waals surface area contributed by atoms with Gasteiger partial charge in [-0.05, 0) is 113 Å². The van der Waals surface area contributed by atoms with Gasteiger partial charge in [-0.1, -0.05) is 12.5 Å². The summed E-state index contributed by atoms with van der Waals surface area (Å²) >= 11 is 0. The third-order valence-corrected chi connectivity index (χ3v) is 10.1. The van der Waals surface area contributed by atoms with Gasteiger partial charge in [0.2, 0.25) is 5.91 Å². The van der Waals surface area contributed by atoms with E-state index in [0.717, 1.165) is 44.5 Å². The highest BCUT2D eigenvalue weighted by Crippen LogP contribution is 2.42. The van der Waals surface area contributed by atoms with Crippen molar-refractivity contribution in [3.8, 4) is 11.5 Å². The van der Waals surface area contributed by atoms with Crippen molar-refractivity contribution in [1.82, 2.24) is 14.7 Å². The Morgan fingerprint density at radius 1 is 0.826 bits per heavy atom. The highest BCUT2D eigenvalue weighted by atomic mass is 19.4. The van der Waals surface area contributed by atoms with E-state index in [1.807, 2.05) is 18.2 Å². The molecule has 2 aromatic carbocycles.